The van der Waals surface area contributed by atoms with Crippen molar-refractivity contribution in [2.45, 2.75) is 57.7 Å². The summed E-state index contributed by atoms with van der Waals surface area (Å²) in [5.41, 5.74) is -0.365. The van der Waals surface area contributed by atoms with Gasteiger partial charge in [0.05, 0.1) is 6.10 Å². The number of para-hydroxylation sites is 1. The Bertz CT molecular complexity index is 497. The minimum Gasteiger partial charge on any atom is -0.490 e. The lowest BCUT2D eigenvalue weighted by molar-refractivity contribution is -0.169. The van der Waals surface area contributed by atoms with Gasteiger partial charge in [0.25, 0.3) is 0 Å². The highest BCUT2D eigenvalue weighted by Crippen LogP contribution is 2.42. The second kappa shape index (κ2) is 7.48. The van der Waals surface area contributed by atoms with Crippen LogP contribution in [0, 0.1) is 5.92 Å². The highest BCUT2D eigenvalue weighted by Gasteiger charge is 2.44. The molecule has 1 saturated carbocycles. The van der Waals surface area contributed by atoms with E-state index in [9.17, 15) is 4.79 Å². The van der Waals surface area contributed by atoms with Crippen LogP contribution < -0.4 is 4.74 Å². The molecule has 3 atom stereocenters. The van der Waals surface area contributed by atoms with E-state index >= 15 is 0 Å². The molecule has 0 aromatic heterocycles. The average Bonchev–Trinajstić information content (AvgIpc) is 2.57. The first kappa shape index (κ1) is 16.6. The fourth-order valence-electron chi connectivity index (χ4n) is 3.51. The van der Waals surface area contributed by atoms with E-state index in [1.807, 2.05) is 30.3 Å². The molecule has 0 bridgehead atoms. The van der Waals surface area contributed by atoms with Crippen LogP contribution in [0.15, 0.2) is 43.0 Å². The van der Waals surface area contributed by atoms with E-state index in [2.05, 4.69) is 20.4 Å². The Balaban J connectivity index is 2.06. The summed E-state index contributed by atoms with van der Waals surface area (Å²) in [4.78, 5) is 11.7. The van der Waals surface area contributed by atoms with Gasteiger partial charge in [0.2, 0.25) is 0 Å². The Morgan fingerprint density at radius 3 is 2.68 bits per heavy atom. The summed E-state index contributed by atoms with van der Waals surface area (Å²) >= 11 is 0. The predicted molar refractivity (Wildman–Crippen MR) is 87.8 cm³/mol. The van der Waals surface area contributed by atoms with Gasteiger partial charge in [-0.25, -0.2) is 4.79 Å². The molecule has 1 aromatic carbocycles. The fraction of sp³-hybridized carbons (Fsp3) is 0.526. The van der Waals surface area contributed by atoms with Crippen molar-refractivity contribution in [1.29, 1.82) is 0 Å². The number of hydrogen-bond donors (Lipinski definition) is 0. The first-order chi connectivity index (χ1) is 10.6. The van der Waals surface area contributed by atoms with Gasteiger partial charge in [-0.05, 0) is 44.2 Å². The van der Waals surface area contributed by atoms with E-state index in [4.69, 9.17) is 9.47 Å². The lowest BCUT2D eigenvalue weighted by Crippen LogP contribution is -2.48. The molecule has 1 aromatic rings. The van der Waals surface area contributed by atoms with E-state index in [1.165, 1.54) is 6.08 Å². The summed E-state index contributed by atoms with van der Waals surface area (Å²) in [5.74, 6) is 0.918. The number of esters is 1. The van der Waals surface area contributed by atoms with Crippen LogP contribution in [-0.4, -0.2) is 17.7 Å². The fourth-order valence-corrected chi connectivity index (χ4v) is 3.51. The third-order valence-electron chi connectivity index (χ3n) is 4.79. The molecule has 22 heavy (non-hydrogen) atoms. The zero-order valence-electron chi connectivity index (χ0n) is 13.6. The molecule has 0 amide bonds. The van der Waals surface area contributed by atoms with Crippen LogP contribution in [0.1, 0.15) is 46.0 Å². The maximum Gasteiger partial charge on any atom is 0.330 e. The summed E-state index contributed by atoms with van der Waals surface area (Å²) in [6.07, 6.45) is 5.94. The van der Waals surface area contributed by atoms with Gasteiger partial charge >= 0.3 is 5.97 Å². The van der Waals surface area contributed by atoms with Gasteiger partial charge < -0.3 is 9.47 Å². The van der Waals surface area contributed by atoms with Gasteiger partial charge in [-0.2, -0.15) is 0 Å². The van der Waals surface area contributed by atoms with Crippen LogP contribution in [0.3, 0.4) is 0 Å². The summed E-state index contributed by atoms with van der Waals surface area (Å²) < 4.78 is 11.9. The largest absolute Gasteiger partial charge is 0.490 e. The second-order valence-corrected chi connectivity index (χ2v) is 5.98. The molecule has 0 N–H and O–H groups in total. The average molecular weight is 302 g/mol. The van der Waals surface area contributed by atoms with Gasteiger partial charge in [-0.3, -0.25) is 0 Å². The molecular weight excluding hydrogens is 276 g/mol. The van der Waals surface area contributed by atoms with E-state index in [1.54, 1.807) is 0 Å². The second-order valence-electron chi connectivity index (χ2n) is 5.98. The summed E-state index contributed by atoms with van der Waals surface area (Å²) in [6.45, 7) is 7.76. The Labute approximate surface area is 133 Å². The van der Waals surface area contributed by atoms with Crippen LogP contribution in [0.5, 0.6) is 5.75 Å². The molecule has 1 aliphatic rings. The number of carbonyl (C=O) groups excluding carboxylic acids is 1. The van der Waals surface area contributed by atoms with Crippen LogP contribution in [-0.2, 0) is 9.53 Å². The van der Waals surface area contributed by atoms with Gasteiger partial charge in [-0.15, -0.1) is 0 Å². The molecular formula is C19H26O3. The molecule has 1 aliphatic carbocycles. The number of hydrogen-bond acceptors (Lipinski definition) is 3. The molecule has 0 aliphatic heterocycles. The van der Waals surface area contributed by atoms with Crippen molar-refractivity contribution in [3.63, 3.8) is 0 Å². The monoisotopic (exact) mass is 302 g/mol. The van der Waals surface area contributed by atoms with E-state index < -0.39 is 0 Å². The lowest BCUT2D eigenvalue weighted by Gasteiger charge is -2.45. The van der Waals surface area contributed by atoms with Crippen molar-refractivity contribution in [2.75, 3.05) is 0 Å². The maximum atomic E-state index is 11.7. The molecule has 0 heterocycles. The first-order valence-electron chi connectivity index (χ1n) is 8.20. The summed E-state index contributed by atoms with van der Waals surface area (Å²) in [5, 5.41) is 0. The van der Waals surface area contributed by atoms with Crippen molar-refractivity contribution in [2.24, 2.45) is 5.92 Å². The van der Waals surface area contributed by atoms with Crippen molar-refractivity contribution < 1.29 is 14.3 Å². The first-order valence-corrected chi connectivity index (χ1v) is 8.20. The van der Waals surface area contributed by atoms with Gasteiger partial charge in [0, 0.05) is 12.0 Å². The maximum absolute atomic E-state index is 11.7. The highest BCUT2D eigenvalue weighted by atomic mass is 16.6. The molecule has 2 rings (SSSR count). The number of rotatable bonds is 6. The molecule has 0 spiro atoms. The smallest absolute Gasteiger partial charge is 0.330 e. The van der Waals surface area contributed by atoms with Crippen LogP contribution in [0.2, 0.25) is 0 Å². The Morgan fingerprint density at radius 1 is 1.36 bits per heavy atom. The van der Waals surface area contributed by atoms with Gasteiger partial charge in [0.1, 0.15) is 11.4 Å². The topological polar surface area (TPSA) is 35.5 Å². The van der Waals surface area contributed by atoms with Crippen molar-refractivity contribution >= 4 is 5.97 Å². The Morgan fingerprint density at radius 2 is 2.09 bits per heavy atom. The SMILES string of the molecule is C=CC(=O)OC1(CC)CCC(Oc2ccccc2)CC1CC. The Hall–Kier alpha value is -1.77. The molecule has 3 unspecified atom stereocenters. The lowest BCUT2D eigenvalue weighted by atomic mass is 9.71. The Kier molecular flexibility index (Phi) is 5.64. The van der Waals surface area contributed by atoms with Crippen molar-refractivity contribution in [1.82, 2.24) is 0 Å². The highest BCUT2D eigenvalue weighted by molar-refractivity contribution is 5.81. The van der Waals surface area contributed by atoms with Crippen LogP contribution in [0.25, 0.3) is 0 Å². The number of ether oxygens (including phenoxy) is 2. The third-order valence-corrected chi connectivity index (χ3v) is 4.79. The predicted octanol–water partition coefficient (Wildman–Crippen LogP) is 4.52. The minimum absolute atomic E-state index is 0.189. The summed E-state index contributed by atoms with van der Waals surface area (Å²) in [7, 11) is 0. The van der Waals surface area contributed by atoms with Crippen molar-refractivity contribution in [3.8, 4) is 5.75 Å². The van der Waals surface area contributed by atoms with Gasteiger partial charge in [-0.1, -0.05) is 38.6 Å². The molecule has 0 radical (unpaired) electrons. The molecule has 0 saturated heterocycles. The molecule has 1 fully saturated rings. The van der Waals surface area contributed by atoms with E-state index in [0.717, 1.165) is 37.9 Å². The van der Waals surface area contributed by atoms with Crippen molar-refractivity contribution in [3.05, 3.63) is 43.0 Å². The third kappa shape index (κ3) is 3.70. The quantitative estimate of drug-likeness (QED) is 0.572. The van der Waals surface area contributed by atoms with Crippen LogP contribution in [0.4, 0.5) is 0 Å². The molecule has 3 heteroatoms. The van der Waals surface area contributed by atoms with Gasteiger partial charge in [0.15, 0.2) is 0 Å². The standard InChI is InChI=1S/C19H26O3/c1-4-15-14-17(21-16-10-8-7-9-11-16)12-13-19(15,6-3)22-18(20)5-2/h5,7-11,15,17H,2,4,6,12-14H2,1,3H3. The normalized spacial score (nSPS) is 27.9. The van der Waals surface area contributed by atoms with E-state index in [0.29, 0.717) is 5.92 Å². The van der Waals surface area contributed by atoms with Crippen LogP contribution >= 0.6 is 0 Å². The zero-order chi connectivity index (χ0) is 16.0. The molecule has 3 nitrogen and oxygen atoms in total. The zero-order valence-corrected chi connectivity index (χ0v) is 13.6. The minimum atomic E-state index is -0.365. The number of carbonyl (C=O) groups is 1. The van der Waals surface area contributed by atoms with E-state index in [-0.39, 0.29) is 17.7 Å². The summed E-state index contributed by atoms with van der Waals surface area (Å²) in [6, 6.07) is 9.93. The molecule has 120 valence electrons. The number of benzene rings is 1.